The summed E-state index contributed by atoms with van der Waals surface area (Å²) >= 11 is 0. The predicted octanol–water partition coefficient (Wildman–Crippen LogP) is 3.47. The summed E-state index contributed by atoms with van der Waals surface area (Å²) in [6, 6.07) is 9.49. The Labute approximate surface area is 160 Å². The highest BCUT2D eigenvalue weighted by Gasteiger charge is 2.24. The van der Waals surface area contributed by atoms with Crippen LogP contribution in [0.2, 0.25) is 0 Å². The molecule has 0 aliphatic heterocycles. The zero-order valence-electron chi connectivity index (χ0n) is 14.0. The standard InChI is InChI=1S/C18H21N3O2.2ClH/c1-12(23-15-5-3-9-20-11-15)18(22)21-17-6-2-4-13-10-14(19)7-8-16(13)17;;/h3,5,7-12,17H,2,4,6,19H2,1H3,(H,21,22);2*1H. The van der Waals surface area contributed by atoms with Gasteiger partial charge in [0.1, 0.15) is 5.75 Å². The summed E-state index contributed by atoms with van der Waals surface area (Å²) < 4.78 is 5.63. The van der Waals surface area contributed by atoms with Crippen molar-refractivity contribution in [3.8, 4) is 5.75 Å². The number of pyridine rings is 1. The number of anilines is 1. The maximum Gasteiger partial charge on any atom is 0.261 e. The van der Waals surface area contributed by atoms with Crippen LogP contribution in [0.15, 0.2) is 42.7 Å². The lowest BCUT2D eigenvalue weighted by Gasteiger charge is -2.27. The first-order chi connectivity index (χ1) is 11.1. The second-order valence-corrected chi connectivity index (χ2v) is 5.86. The molecule has 1 heterocycles. The fourth-order valence-corrected chi connectivity index (χ4v) is 2.95. The monoisotopic (exact) mass is 383 g/mol. The number of rotatable bonds is 4. The SMILES string of the molecule is CC(Oc1cccnc1)C(=O)NC1CCCc2cc(N)ccc21.Cl.Cl. The van der Waals surface area contributed by atoms with E-state index in [-0.39, 0.29) is 36.8 Å². The van der Waals surface area contributed by atoms with Crippen molar-refractivity contribution in [3.63, 3.8) is 0 Å². The lowest BCUT2D eigenvalue weighted by molar-refractivity contribution is -0.128. The number of benzene rings is 1. The topological polar surface area (TPSA) is 77.2 Å². The van der Waals surface area contributed by atoms with E-state index in [1.807, 2.05) is 18.2 Å². The molecule has 3 N–H and O–H groups in total. The lowest BCUT2D eigenvalue weighted by atomic mass is 9.87. The predicted molar refractivity (Wildman–Crippen MR) is 103 cm³/mol. The van der Waals surface area contributed by atoms with Crippen LogP contribution in [0.5, 0.6) is 5.75 Å². The molecule has 0 fully saturated rings. The van der Waals surface area contributed by atoms with Gasteiger partial charge in [0.2, 0.25) is 0 Å². The number of aryl methyl sites for hydroxylation is 1. The van der Waals surface area contributed by atoms with Crippen LogP contribution in [0.4, 0.5) is 5.69 Å². The Balaban J connectivity index is 0.00000156. The number of amides is 1. The van der Waals surface area contributed by atoms with Gasteiger partial charge in [-0.1, -0.05) is 6.07 Å². The Hall–Kier alpha value is -1.98. The minimum absolute atomic E-state index is 0. The third-order valence-corrected chi connectivity index (χ3v) is 4.11. The number of carbonyl (C=O) groups is 1. The highest BCUT2D eigenvalue weighted by Crippen LogP contribution is 2.31. The number of hydrogen-bond acceptors (Lipinski definition) is 4. The van der Waals surface area contributed by atoms with E-state index in [1.165, 1.54) is 5.56 Å². The van der Waals surface area contributed by atoms with Crippen LogP contribution in [-0.2, 0) is 11.2 Å². The van der Waals surface area contributed by atoms with Gasteiger partial charge >= 0.3 is 0 Å². The fourth-order valence-electron chi connectivity index (χ4n) is 2.95. The minimum Gasteiger partial charge on any atom is -0.479 e. The third kappa shape index (κ3) is 5.25. The summed E-state index contributed by atoms with van der Waals surface area (Å²) in [6.45, 7) is 1.75. The molecule has 25 heavy (non-hydrogen) atoms. The van der Waals surface area contributed by atoms with Crippen molar-refractivity contribution in [1.29, 1.82) is 0 Å². The number of carbonyl (C=O) groups excluding carboxylic acids is 1. The molecular weight excluding hydrogens is 361 g/mol. The van der Waals surface area contributed by atoms with Crippen molar-refractivity contribution in [2.24, 2.45) is 0 Å². The molecule has 136 valence electrons. The van der Waals surface area contributed by atoms with Crippen molar-refractivity contribution < 1.29 is 9.53 Å². The quantitative estimate of drug-likeness (QED) is 0.792. The van der Waals surface area contributed by atoms with Gasteiger partial charge in [-0.2, -0.15) is 0 Å². The Morgan fingerprint density at radius 1 is 1.36 bits per heavy atom. The van der Waals surface area contributed by atoms with Gasteiger partial charge in [-0.3, -0.25) is 9.78 Å². The largest absolute Gasteiger partial charge is 0.479 e. The average Bonchev–Trinajstić information content (AvgIpc) is 2.55. The van der Waals surface area contributed by atoms with Crippen molar-refractivity contribution in [3.05, 3.63) is 53.9 Å². The molecule has 0 saturated heterocycles. The molecule has 2 atom stereocenters. The van der Waals surface area contributed by atoms with E-state index in [0.29, 0.717) is 5.75 Å². The van der Waals surface area contributed by atoms with E-state index in [9.17, 15) is 4.79 Å². The number of fused-ring (bicyclic) bond motifs is 1. The van der Waals surface area contributed by atoms with E-state index in [2.05, 4.69) is 10.3 Å². The van der Waals surface area contributed by atoms with E-state index in [4.69, 9.17) is 10.5 Å². The molecule has 1 amide bonds. The number of nitrogens with two attached hydrogens (primary N) is 1. The number of ether oxygens (including phenoxy) is 1. The molecule has 3 rings (SSSR count). The van der Waals surface area contributed by atoms with E-state index in [0.717, 1.165) is 30.5 Å². The number of nitrogen functional groups attached to an aromatic ring is 1. The van der Waals surface area contributed by atoms with E-state index >= 15 is 0 Å². The molecular formula is C18H23Cl2N3O2. The molecule has 1 aliphatic carbocycles. The maximum absolute atomic E-state index is 12.4. The van der Waals surface area contributed by atoms with Crippen LogP contribution in [0, 0.1) is 0 Å². The van der Waals surface area contributed by atoms with Crippen LogP contribution in [0.1, 0.15) is 36.9 Å². The number of nitrogens with zero attached hydrogens (tertiary/aromatic N) is 1. The number of halogens is 2. The summed E-state index contributed by atoms with van der Waals surface area (Å²) in [7, 11) is 0. The zero-order chi connectivity index (χ0) is 16.2. The zero-order valence-corrected chi connectivity index (χ0v) is 15.6. The molecule has 2 aromatic rings. The average molecular weight is 384 g/mol. The number of hydrogen-bond donors (Lipinski definition) is 2. The van der Waals surface area contributed by atoms with Crippen LogP contribution in [0.3, 0.4) is 0 Å². The summed E-state index contributed by atoms with van der Waals surface area (Å²) in [5.41, 5.74) is 9.00. The molecule has 1 aromatic heterocycles. The Morgan fingerprint density at radius 2 is 2.16 bits per heavy atom. The maximum atomic E-state index is 12.4. The van der Waals surface area contributed by atoms with E-state index < -0.39 is 6.10 Å². The van der Waals surface area contributed by atoms with Gasteiger partial charge in [0.05, 0.1) is 12.2 Å². The second-order valence-electron chi connectivity index (χ2n) is 5.86. The highest BCUT2D eigenvalue weighted by molar-refractivity contribution is 5.85. The second kappa shape index (κ2) is 9.49. The van der Waals surface area contributed by atoms with Gasteiger partial charge in [0.15, 0.2) is 6.10 Å². The number of nitrogens with one attached hydrogen (secondary N) is 1. The minimum atomic E-state index is -0.571. The first-order valence-electron chi connectivity index (χ1n) is 7.89. The first kappa shape index (κ1) is 21.1. The summed E-state index contributed by atoms with van der Waals surface area (Å²) in [5, 5.41) is 3.09. The van der Waals surface area contributed by atoms with Crippen LogP contribution in [0.25, 0.3) is 0 Å². The molecule has 0 bridgehead atoms. The van der Waals surface area contributed by atoms with Crippen molar-refractivity contribution in [2.45, 2.75) is 38.3 Å². The molecule has 1 aliphatic rings. The summed E-state index contributed by atoms with van der Waals surface area (Å²) in [5.74, 6) is 0.468. The molecule has 0 spiro atoms. The normalized spacial score (nSPS) is 16.4. The van der Waals surface area contributed by atoms with Gasteiger partial charge in [-0.25, -0.2) is 0 Å². The fraction of sp³-hybridized carbons (Fsp3) is 0.333. The van der Waals surface area contributed by atoms with Gasteiger partial charge in [0.25, 0.3) is 5.91 Å². The Kier molecular flexibility index (Phi) is 8.00. The molecule has 1 aromatic carbocycles. The molecule has 5 nitrogen and oxygen atoms in total. The van der Waals surface area contributed by atoms with Gasteiger partial charge < -0.3 is 15.8 Å². The summed E-state index contributed by atoms with van der Waals surface area (Å²) in [6.07, 6.45) is 5.68. The van der Waals surface area contributed by atoms with Crippen LogP contribution in [-0.4, -0.2) is 17.0 Å². The Bertz CT molecular complexity index is 698. The van der Waals surface area contributed by atoms with Crippen molar-refractivity contribution >= 4 is 36.4 Å². The van der Waals surface area contributed by atoms with Gasteiger partial charge in [0, 0.05) is 11.9 Å². The first-order valence-corrected chi connectivity index (χ1v) is 7.89. The Morgan fingerprint density at radius 3 is 2.88 bits per heavy atom. The molecule has 7 heteroatoms. The van der Waals surface area contributed by atoms with E-state index in [1.54, 1.807) is 31.5 Å². The lowest BCUT2D eigenvalue weighted by Crippen LogP contribution is -2.39. The molecule has 0 radical (unpaired) electrons. The highest BCUT2D eigenvalue weighted by atomic mass is 35.5. The van der Waals surface area contributed by atoms with Crippen molar-refractivity contribution in [1.82, 2.24) is 10.3 Å². The van der Waals surface area contributed by atoms with Gasteiger partial charge in [-0.15, -0.1) is 24.8 Å². The smallest absolute Gasteiger partial charge is 0.261 e. The van der Waals surface area contributed by atoms with Crippen molar-refractivity contribution in [2.75, 3.05) is 5.73 Å². The number of aromatic nitrogens is 1. The summed E-state index contributed by atoms with van der Waals surface area (Å²) in [4.78, 5) is 16.4. The molecule has 0 saturated carbocycles. The van der Waals surface area contributed by atoms with Crippen LogP contribution >= 0.6 is 24.8 Å². The van der Waals surface area contributed by atoms with Crippen LogP contribution < -0.4 is 15.8 Å². The third-order valence-electron chi connectivity index (χ3n) is 4.11. The van der Waals surface area contributed by atoms with Gasteiger partial charge in [-0.05, 0) is 61.6 Å². The molecule has 2 unspecified atom stereocenters.